The summed E-state index contributed by atoms with van der Waals surface area (Å²) in [7, 11) is 0. The molecule has 0 fully saturated rings. The number of carboxylic acid groups (broad SMARTS) is 1. The van der Waals surface area contributed by atoms with Gasteiger partial charge in [0.15, 0.2) is 0 Å². The van der Waals surface area contributed by atoms with Crippen LogP contribution in [-0.2, 0) is 63.4 Å². The van der Waals surface area contributed by atoms with Crippen LogP contribution < -0.4 is 16.4 Å². The Kier molecular flexibility index (Phi) is 35.1. The molecule has 5 rings (SSSR count). The van der Waals surface area contributed by atoms with Gasteiger partial charge in [-0.05, 0) is 72.1 Å². The summed E-state index contributed by atoms with van der Waals surface area (Å²) in [6.07, 6.45) is 9.48. The minimum atomic E-state index is -0.983. The second-order valence-corrected chi connectivity index (χ2v) is 16.8. The van der Waals surface area contributed by atoms with Gasteiger partial charge in [0.2, 0.25) is 0 Å². The van der Waals surface area contributed by atoms with Crippen LogP contribution in [0.5, 0.6) is 0 Å². The van der Waals surface area contributed by atoms with Gasteiger partial charge in [0.05, 0.1) is 158 Å². The normalized spacial score (nSPS) is 14.9. The van der Waals surface area contributed by atoms with E-state index in [-0.39, 0.29) is 11.8 Å². The average Bonchev–Trinajstić information content (AvgIpc) is 3.73. The Hall–Kier alpha value is -4.38. The molecule has 408 valence electrons. The number of carbonyl (C=O) groups excluding carboxylic acids is 1. The third-order valence-electron chi connectivity index (χ3n) is 11.4. The number of benzene rings is 3. The molecule has 0 bridgehead atoms. The Morgan fingerprint density at radius 2 is 0.973 bits per heavy atom. The standard InChI is InChI=1S/C31H56N2O12.C24H27NO3/c32-6-8-35-10-12-37-14-16-39-18-20-41-22-24-43-26-28-45-29-27-44-25-23-42-21-19-40-17-15-38-13-11-36-9-7-33-31(34)30-4-2-1-3-5-30;26-24(27)25-15-22-19-12-6-7-13-20(19)23-17(9-8-14-21(22)23)16-28-18-10-4-2-1-3-5-11-18/h1-5H,6-29,32H2,(H,33,34);1-2,6-9,12-14,18,22,25H,3-5,10-11,15-16H2,(H,26,27)/t;18-,22?/m.1/s1. The number of ether oxygens (including phenoxy) is 12. The number of nitrogens with two attached hydrogens (primary N) is 1. The Labute approximate surface area is 432 Å². The number of nitrogens with one attached hydrogen (secondary N) is 2. The lowest BCUT2D eigenvalue weighted by Gasteiger charge is -2.20. The van der Waals surface area contributed by atoms with Crippen molar-refractivity contribution in [3.8, 4) is 11.1 Å². The van der Waals surface area contributed by atoms with Crippen LogP contribution in [-0.4, -0.2) is 188 Å². The predicted molar refractivity (Wildman–Crippen MR) is 277 cm³/mol. The van der Waals surface area contributed by atoms with E-state index in [1.807, 2.05) is 30.3 Å². The predicted octanol–water partition coefficient (Wildman–Crippen LogP) is 6.03. The molecule has 2 atom stereocenters. The number of hydrogen-bond donors (Lipinski definition) is 4. The zero-order chi connectivity index (χ0) is 51.5. The molecule has 2 aliphatic carbocycles. The van der Waals surface area contributed by atoms with Gasteiger partial charge >= 0.3 is 6.09 Å². The molecule has 2 amide bonds. The van der Waals surface area contributed by atoms with Gasteiger partial charge in [0.1, 0.15) is 0 Å². The number of carbonyl (C=O) groups is 2. The highest BCUT2D eigenvalue weighted by Crippen LogP contribution is 2.46. The topological polar surface area (TPSA) is 215 Å². The van der Waals surface area contributed by atoms with E-state index in [0.29, 0.717) is 183 Å². The fourth-order valence-electron chi connectivity index (χ4n) is 7.78. The number of fused-ring (bicyclic) bond motifs is 3. The fraction of sp³-hybridized carbons (Fsp3) is 0.600. The Balaban J connectivity index is 0.000000349. The molecule has 2 aliphatic rings. The third kappa shape index (κ3) is 28.2. The maximum absolute atomic E-state index is 11.9. The molecule has 73 heavy (non-hydrogen) atoms. The smallest absolute Gasteiger partial charge is 0.404 e. The third-order valence-corrected chi connectivity index (χ3v) is 11.4. The van der Waals surface area contributed by atoms with Crippen LogP contribution in [0.3, 0.4) is 0 Å². The summed E-state index contributed by atoms with van der Waals surface area (Å²) in [6.45, 7) is 13.0. The maximum atomic E-state index is 11.9. The zero-order valence-electron chi connectivity index (χ0n) is 42.9. The summed E-state index contributed by atoms with van der Waals surface area (Å²) < 4.78 is 66.0. The van der Waals surface area contributed by atoms with Crippen LogP contribution in [0.1, 0.15) is 65.1 Å². The first kappa shape index (κ1) is 61.2. The zero-order valence-corrected chi connectivity index (χ0v) is 42.9. The molecular weight excluding hydrogens is 943 g/mol. The average molecular weight is 1030 g/mol. The lowest BCUT2D eigenvalue weighted by molar-refractivity contribution is -0.0274. The van der Waals surface area contributed by atoms with Crippen LogP contribution in [0.15, 0.2) is 84.9 Å². The lowest BCUT2D eigenvalue weighted by atomic mass is 9.96. The van der Waals surface area contributed by atoms with Crippen molar-refractivity contribution >= 4 is 12.0 Å². The van der Waals surface area contributed by atoms with Gasteiger partial charge in [-0.1, -0.05) is 72.8 Å². The molecule has 3 aromatic carbocycles. The van der Waals surface area contributed by atoms with Gasteiger partial charge in [-0.15, -0.1) is 0 Å². The molecular formula is C55H83N3O15. The van der Waals surface area contributed by atoms with Crippen molar-refractivity contribution in [1.82, 2.24) is 10.6 Å². The van der Waals surface area contributed by atoms with E-state index in [2.05, 4.69) is 53.1 Å². The second kappa shape index (κ2) is 41.9. The molecule has 18 nitrogen and oxygen atoms in total. The fourth-order valence-corrected chi connectivity index (χ4v) is 7.78. The summed E-state index contributed by atoms with van der Waals surface area (Å²) >= 11 is 0. The van der Waals surface area contributed by atoms with Crippen LogP contribution >= 0.6 is 0 Å². The molecule has 0 aromatic heterocycles. The minimum Gasteiger partial charge on any atom is -0.465 e. The number of rotatable bonds is 41. The molecule has 0 heterocycles. The number of amides is 2. The van der Waals surface area contributed by atoms with Crippen LogP contribution in [0.2, 0.25) is 0 Å². The van der Waals surface area contributed by atoms with E-state index in [0.717, 1.165) is 25.7 Å². The largest absolute Gasteiger partial charge is 0.465 e. The molecule has 0 saturated heterocycles. The number of hydrogen-bond acceptors (Lipinski definition) is 15. The van der Waals surface area contributed by atoms with Crippen molar-refractivity contribution in [2.45, 2.75) is 50.7 Å². The van der Waals surface area contributed by atoms with E-state index in [1.165, 1.54) is 34.2 Å². The summed E-state index contributed by atoms with van der Waals surface area (Å²) in [4.78, 5) is 22.9. The van der Waals surface area contributed by atoms with Crippen molar-refractivity contribution in [2.75, 3.05) is 165 Å². The molecule has 0 radical (unpaired) electrons. The van der Waals surface area contributed by atoms with Crippen molar-refractivity contribution in [2.24, 2.45) is 5.73 Å². The van der Waals surface area contributed by atoms with E-state index in [1.54, 1.807) is 12.1 Å². The summed E-state index contributed by atoms with van der Waals surface area (Å²) in [5.41, 5.74) is 12.0. The molecule has 0 saturated carbocycles. The quantitative estimate of drug-likeness (QED) is 0.0377. The molecule has 1 unspecified atom stereocenters. The van der Waals surface area contributed by atoms with Gasteiger partial charge in [-0.2, -0.15) is 0 Å². The van der Waals surface area contributed by atoms with E-state index in [4.69, 9.17) is 67.7 Å². The van der Waals surface area contributed by atoms with Gasteiger partial charge in [0.25, 0.3) is 5.91 Å². The van der Waals surface area contributed by atoms with Gasteiger partial charge in [-0.25, -0.2) is 4.79 Å². The summed E-state index contributed by atoms with van der Waals surface area (Å²) in [5, 5.41) is 14.4. The molecule has 0 spiro atoms. The van der Waals surface area contributed by atoms with Gasteiger partial charge in [-0.3, -0.25) is 4.79 Å². The summed E-state index contributed by atoms with van der Waals surface area (Å²) in [6, 6.07) is 23.7. The minimum absolute atomic E-state index is 0.0498. The van der Waals surface area contributed by atoms with Crippen molar-refractivity contribution in [3.63, 3.8) is 0 Å². The highest BCUT2D eigenvalue weighted by Gasteiger charge is 2.30. The molecule has 18 heteroatoms. The second-order valence-electron chi connectivity index (χ2n) is 16.8. The van der Waals surface area contributed by atoms with E-state index < -0.39 is 6.09 Å². The van der Waals surface area contributed by atoms with Crippen LogP contribution in [0, 0.1) is 0 Å². The van der Waals surface area contributed by atoms with Crippen LogP contribution in [0.4, 0.5) is 4.79 Å². The SMILES string of the molecule is NCCOCCOCCOCCOCCOCCOCCOCCOCCOCCOCCOCCNC(=O)c1ccccc1.O=C(O)NCC1c2ccccc2-c2c(CO[C@@H]3CCC=CCCC3)cccc21. The van der Waals surface area contributed by atoms with Crippen LogP contribution in [0.25, 0.3) is 11.1 Å². The molecule has 3 aromatic rings. The van der Waals surface area contributed by atoms with E-state index in [9.17, 15) is 9.59 Å². The van der Waals surface area contributed by atoms with E-state index >= 15 is 0 Å². The van der Waals surface area contributed by atoms with Crippen molar-refractivity contribution in [1.29, 1.82) is 0 Å². The first-order valence-corrected chi connectivity index (χ1v) is 25.9. The molecule has 5 N–H and O–H groups in total. The Morgan fingerprint density at radius 1 is 0.507 bits per heavy atom. The molecule has 0 aliphatic heterocycles. The highest BCUT2D eigenvalue weighted by molar-refractivity contribution is 5.94. The monoisotopic (exact) mass is 1030 g/mol. The first-order valence-electron chi connectivity index (χ1n) is 25.9. The van der Waals surface area contributed by atoms with Crippen molar-refractivity contribution in [3.05, 3.63) is 107 Å². The Morgan fingerprint density at radius 3 is 1.49 bits per heavy atom. The highest BCUT2D eigenvalue weighted by atomic mass is 16.6. The van der Waals surface area contributed by atoms with Gasteiger partial charge in [0, 0.05) is 31.1 Å². The van der Waals surface area contributed by atoms with Gasteiger partial charge < -0.3 is 78.3 Å². The van der Waals surface area contributed by atoms with Crippen molar-refractivity contribution < 1.29 is 71.5 Å². The number of allylic oxidation sites excluding steroid dienone is 2. The maximum Gasteiger partial charge on any atom is 0.404 e. The summed E-state index contributed by atoms with van der Waals surface area (Å²) in [5.74, 6) is -0.0571. The first-order chi connectivity index (χ1) is 36.1. The Bertz CT molecular complexity index is 1880. The lowest BCUT2D eigenvalue weighted by Crippen LogP contribution is -2.27.